The predicted octanol–water partition coefficient (Wildman–Crippen LogP) is 3.55. The van der Waals surface area contributed by atoms with Gasteiger partial charge in [0.2, 0.25) is 11.8 Å². The number of halogens is 1. The Kier molecular flexibility index (Phi) is 5.63. The highest BCUT2D eigenvalue weighted by Gasteiger charge is 2.28. The van der Waals surface area contributed by atoms with Crippen molar-refractivity contribution in [3.63, 3.8) is 0 Å². The van der Waals surface area contributed by atoms with Gasteiger partial charge in [0.25, 0.3) is 5.91 Å². The van der Waals surface area contributed by atoms with Gasteiger partial charge in [0.05, 0.1) is 11.6 Å². The molecule has 2 heterocycles. The number of carbonyl (C=O) groups is 3. The van der Waals surface area contributed by atoms with E-state index in [0.29, 0.717) is 22.0 Å². The van der Waals surface area contributed by atoms with Crippen molar-refractivity contribution in [1.82, 2.24) is 9.88 Å². The van der Waals surface area contributed by atoms with Crippen LogP contribution in [0.4, 0.5) is 5.69 Å². The second-order valence-electron chi connectivity index (χ2n) is 6.85. The van der Waals surface area contributed by atoms with Gasteiger partial charge in [-0.05, 0) is 42.0 Å². The molecule has 0 radical (unpaired) electrons. The third kappa shape index (κ3) is 4.26. The lowest BCUT2D eigenvalue weighted by atomic mass is 10.2. The van der Waals surface area contributed by atoms with Crippen LogP contribution >= 0.6 is 11.6 Å². The number of likely N-dealkylation sites (tertiary alicyclic amines) is 1. The molecule has 7 nitrogen and oxygen atoms in total. The van der Waals surface area contributed by atoms with Crippen LogP contribution in [0, 0.1) is 0 Å². The first-order chi connectivity index (χ1) is 14.5. The third-order valence-electron chi connectivity index (χ3n) is 4.77. The number of rotatable bonds is 6. The summed E-state index contributed by atoms with van der Waals surface area (Å²) in [6, 6.07) is 14.0. The molecule has 1 saturated heterocycles. The Hall–Kier alpha value is -3.45. The van der Waals surface area contributed by atoms with Gasteiger partial charge in [-0.25, -0.2) is 0 Å². The fourth-order valence-corrected chi connectivity index (χ4v) is 3.46. The topological polar surface area (TPSA) is 88.6 Å². The Morgan fingerprint density at radius 2 is 1.80 bits per heavy atom. The average molecular weight is 424 g/mol. The Bertz CT molecular complexity index is 1110. The number of hydrogen-bond acceptors (Lipinski definition) is 5. The first-order valence-corrected chi connectivity index (χ1v) is 9.77. The predicted molar refractivity (Wildman–Crippen MR) is 112 cm³/mol. The van der Waals surface area contributed by atoms with Crippen LogP contribution in [-0.2, 0) is 20.9 Å². The van der Waals surface area contributed by atoms with Crippen LogP contribution in [0.3, 0.4) is 0 Å². The van der Waals surface area contributed by atoms with Gasteiger partial charge in [0.1, 0.15) is 11.3 Å². The Labute approximate surface area is 177 Å². The number of imide groups is 1. The number of hydrogen-bond donors (Lipinski definition) is 1. The summed E-state index contributed by atoms with van der Waals surface area (Å²) in [6.45, 7) is 0.0531. The molecule has 0 spiro atoms. The number of benzene rings is 2. The van der Waals surface area contributed by atoms with Crippen molar-refractivity contribution in [2.24, 2.45) is 0 Å². The molecule has 8 heteroatoms. The maximum atomic E-state index is 12.3. The van der Waals surface area contributed by atoms with E-state index in [0.717, 1.165) is 10.9 Å². The zero-order valence-corrected chi connectivity index (χ0v) is 16.7. The van der Waals surface area contributed by atoms with Crippen molar-refractivity contribution in [2.45, 2.75) is 19.4 Å². The minimum atomic E-state index is -0.327. The van der Waals surface area contributed by atoms with Gasteiger partial charge in [-0.2, -0.15) is 0 Å². The summed E-state index contributed by atoms with van der Waals surface area (Å²) in [7, 11) is 0. The molecule has 30 heavy (non-hydrogen) atoms. The van der Waals surface area contributed by atoms with Crippen molar-refractivity contribution >= 4 is 45.9 Å². The SMILES string of the molecule is O=C(COc1ccc(Cl)c2cccnc12)Nc1ccc(CN2C(=O)CCC2=O)cc1. The molecule has 0 aliphatic carbocycles. The molecule has 3 aromatic rings. The maximum Gasteiger partial charge on any atom is 0.262 e. The zero-order chi connectivity index (χ0) is 21.1. The molecule has 0 unspecified atom stereocenters. The average Bonchev–Trinajstić information content (AvgIpc) is 3.07. The quantitative estimate of drug-likeness (QED) is 0.612. The Morgan fingerprint density at radius 1 is 1.07 bits per heavy atom. The van der Waals surface area contributed by atoms with Crippen LogP contribution in [0.25, 0.3) is 10.9 Å². The van der Waals surface area contributed by atoms with Crippen LogP contribution in [0.15, 0.2) is 54.7 Å². The lowest BCUT2D eigenvalue weighted by Gasteiger charge is -2.14. The maximum absolute atomic E-state index is 12.3. The number of aromatic nitrogens is 1. The van der Waals surface area contributed by atoms with E-state index in [9.17, 15) is 14.4 Å². The highest BCUT2D eigenvalue weighted by atomic mass is 35.5. The Morgan fingerprint density at radius 3 is 2.53 bits per heavy atom. The van der Waals surface area contributed by atoms with Crippen molar-refractivity contribution < 1.29 is 19.1 Å². The summed E-state index contributed by atoms with van der Waals surface area (Å²) < 4.78 is 5.63. The Balaban J connectivity index is 1.35. The van der Waals surface area contributed by atoms with Crippen LogP contribution in [0.1, 0.15) is 18.4 Å². The van der Waals surface area contributed by atoms with Crippen LogP contribution < -0.4 is 10.1 Å². The lowest BCUT2D eigenvalue weighted by molar-refractivity contribution is -0.139. The number of carbonyl (C=O) groups excluding carboxylic acids is 3. The largest absolute Gasteiger partial charge is 0.481 e. The number of amides is 3. The van der Waals surface area contributed by atoms with Crippen LogP contribution in [0.2, 0.25) is 5.02 Å². The highest BCUT2D eigenvalue weighted by Crippen LogP contribution is 2.29. The molecule has 1 fully saturated rings. The fourth-order valence-electron chi connectivity index (χ4n) is 3.24. The van der Waals surface area contributed by atoms with E-state index in [1.807, 2.05) is 6.07 Å². The zero-order valence-electron chi connectivity index (χ0n) is 15.9. The molecule has 0 atom stereocenters. The molecular weight excluding hydrogens is 406 g/mol. The summed E-state index contributed by atoms with van der Waals surface area (Å²) in [5.41, 5.74) is 1.99. The van der Waals surface area contributed by atoms with Crippen molar-refractivity contribution in [2.75, 3.05) is 11.9 Å². The van der Waals surface area contributed by atoms with Gasteiger partial charge in [-0.15, -0.1) is 0 Å². The van der Waals surface area contributed by atoms with E-state index in [-0.39, 0.29) is 43.7 Å². The molecule has 2 aromatic carbocycles. The van der Waals surface area contributed by atoms with E-state index < -0.39 is 0 Å². The van der Waals surface area contributed by atoms with Gasteiger partial charge in [0.15, 0.2) is 6.61 Å². The molecule has 0 bridgehead atoms. The summed E-state index contributed by atoms with van der Waals surface area (Å²) in [5, 5.41) is 4.07. The van der Waals surface area contributed by atoms with E-state index in [4.69, 9.17) is 16.3 Å². The number of nitrogens with zero attached hydrogens (tertiary/aromatic N) is 2. The van der Waals surface area contributed by atoms with Gasteiger partial charge in [0, 0.05) is 30.1 Å². The third-order valence-corrected chi connectivity index (χ3v) is 5.10. The fraction of sp³-hybridized carbons (Fsp3) is 0.182. The summed E-state index contributed by atoms with van der Waals surface area (Å²) in [5.74, 6) is -0.162. The van der Waals surface area contributed by atoms with Crippen LogP contribution in [-0.4, -0.2) is 34.2 Å². The van der Waals surface area contributed by atoms with Crippen molar-refractivity contribution in [3.05, 3.63) is 65.3 Å². The summed E-state index contributed by atoms with van der Waals surface area (Å²) in [6.07, 6.45) is 2.17. The molecule has 152 valence electrons. The second-order valence-corrected chi connectivity index (χ2v) is 7.26. The van der Waals surface area contributed by atoms with E-state index in [1.165, 1.54) is 4.90 Å². The van der Waals surface area contributed by atoms with Gasteiger partial charge in [-0.3, -0.25) is 24.3 Å². The van der Waals surface area contributed by atoms with Crippen molar-refractivity contribution in [3.8, 4) is 5.75 Å². The molecular formula is C22H18ClN3O4. The molecule has 1 N–H and O–H groups in total. The lowest BCUT2D eigenvalue weighted by Crippen LogP contribution is -2.28. The highest BCUT2D eigenvalue weighted by molar-refractivity contribution is 6.35. The van der Waals surface area contributed by atoms with E-state index in [1.54, 1.807) is 48.7 Å². The first kappa shape index (κ1) is 19.8. The number of anilines is 1. The number of fused-ring (bicyclic) bond motifs is 1. The molecule has 1 aliphatic rings. The molecule has 3 amide bonds. The number of nitrogens with one attached hydrogen (secondary N) is 1. The van der Waals surface area contributed by atoms with E-state index in [2.05, 4.69) is 10.3 Å². The second kappa shape index (κ2) is 8.51. The molecule has 4 rings (SSSR count). The van der Waals surface area contributed by atoms with Crippen molar-refractivity contribution in [1.29, 1.82) is 0 Å². The normalized spacial score (nSPS) is 13.7. The summed E-state index contributed by atoms with van der Waals surface area (Å²) in [4.78, 5) is 41.2. The van der Waals surface area contributed by atoms with Gasteiger partial charge >= 0.3 is 0 Å². The number of ether oxygens (including phenoxy) is 1. The molecule has 0 saturated carbocycles. The van der Waals surface area contributed by atoms with Gasteiger partial charge < -0.3 is 10.1 Å². The van der Waals surface area contributed by atoms with Crippen LogP contribution in [0.5, 0.6) is 5.75 Å². The number of pyridine rings is 1. The standard InChI is InChI=1S/C22H18ClN3O4/c23-17-7-8-18(22-16(17)2-1-11-24-22)30-13-19(27)25-15-5-3-14(4-6-15)12-26-20(28)9-10-21(26)29/h1-8,11H,9-10,12-13H2,(H,25,27). The van der Waals surface area contributed by atoms with E-state index >= 15 is 0 Å². The monoisotopic (exact) mass is 423 g/mol. The minimum Gasteiger partial charge on any atom is -0.481 e. The molecule has 1 aromatic heterocycles. The van der Waals surface area contributed by atoms with Gasteiger partial charge in [-0.1, -0.05) is 23.7 Å². The summed E-state index contributed by atoms with van der Waals surface area (Å²) >= 11 is 6.17. The smallest absolute Gasteiger partial charge is 0.262 e. The molecule has 1 aliphatic heterocycles. The first-order valence-electron chi connectivity index (χ1n) is 9.39. The minimum absolute atomic E-state index is 0.154.